The molecule has 2 amide bonds. The zero-order chi connectivity index (χ0) is 29.6. The first-order valence-corrected chi connectivity index (χ1v) is 14.6. The number of benzene rings is 4. The van der Waals surface area contributed by atoms with Gasteiger partial charge in [0.25, 0.3) is 5.56 Å². The Hall–Kier alpha value is -4.53. The summed E-state index contributed by atoms with van der Waals surface area (Å²) in [7, 11) is 1.79. The molecule has 1 heterocycles. The fourth-order valence-electron chi connectivity index (χ4n) is 4.58. The SMILES string of the molecule is Cc1c(NC(=O)C(Sc2cccc(NC(=O)Cc3ccc(Cl)cc3)c2)c2ccccc2)c(=O)n(-c2ccccc2)n1C. The highest BCUT2D eigenvalue weighted by atomic mass is 35.5. The van der Waals surface area contributed by atoms with Crippen molar-refractivity contribution in [2.24, 2.45) is 7.05 Å². The highest BCUT2D eigenvalue weighted by Gasteiger charge is 2.26. The van der Waals surface area contributed by atoms with Crippen LogP contribution < -0.4 is 16.2 Å². The van der Waals surface area contributed by atoms with Crippen LogP contribution in [0.15, 0.2) is 119 Å². The van der Waals surface area contributed by atoms with Crippen molar-refractivity contribution in [3.8, 4) is 5.69 Å². The maximum absolute atomic E-state index is 13.8. The predicted octanol–water partition coefficient (Wildman–Crippen LogP) is 6.79. The Morgan fingerprint density at radius 3 is 2.21 bits per heavy atom. The third kappa shape index (κ3) is 6.67. The largest absolute Gasteiger partial charge is 0.326 e. The van der Waals surface area contributed by atoms with Gasteiger partial charge in [-0.2, -0.15) is 0 Å². The van der Waals surface area contributed by atoms with Crippen LogP contribution in [0.4, 0.5) is 11.4 Å². The van der Waals surface area contributed by atoms with Gasteiger partial charge in [0.05, 0.1) is 17.8 Å². The van der Waals surface area contributed by atoms with Crippen LogP contribution in [0.5, 0.6) is 0 Å². The molecule has 0 bridgehead atoms. The van der Waals surface area contributed by atoms with Gasteiger partial charge in [-0.3, -0.25) is 19.1 Å². The average molecular weight is 597 g/mol. The fraction of sp³-hybridized carbons (Fsp3) is 0.121. The van der Waals surface area contributed by atoms with Crippen molar-refractivity contribution in [1.82, 2.24) is 9.36 Å². The minimum absolute atomic E-state index is 0.161. The molecule has 5 aromatic rings. The molecular weight excluding hydrogens is 568 g/mol. The number of amides is 2. The van der Waals surface area contributed by atoms with Crippen molar-refractivity contribution in [3.05, 3.63) is 141 Å². The second-order valence-electron chi connectivity index (χ2n) is 9.71. The van der Waals surface area contributed by atoms with E-state index in [0.717, 1.165) is 16.0 Å². The van der Waals surface area contributed by atoms with Gasteiger partial charge < -0.3 is 10.6 Å². The quantitative estimate of drug-likeness (QED) is 0.183. The van der Waals surface area contributed by atoms with Crippen LogP contribution >= 0.6 is 23.4 Å². The van der Waals surface area contributed by atoms with E-state index in [1.165, 1.54) is 16.4 Å². The standard InChI is InChI=1S/C33H29ClN4O3S/c1-22-30(33(41)38(37(22)2)27-13-7-4-8-14-27)36-32(40)31(24-10-5-3-6-11-24)42-28-15-9-12-26(21-28)35-29(39)20-23-16-18-25(34)19-17-23/h3-19,21,31H,20H2,1-2H3,(H,35,39)(H,36,40). The van der Waals surface area contributed by atoms with Crippen molar-refractivity contribution in [1.29, 1.82) is 0 Å². The van der Waals surface area contributed by atoms with Crippen molar-refractivity contribution in [3.63, 3.8) is 0 Å². The molecule has 1 aromatic heterocycles. The first-order chi connectivity index (χ1) is 20.3. The number of para-hydroxylation sites is 1. The number of aromatic nitrogens is 2. The van der Waals surface area contributed by atoms with Crippen molar-refractivity contribution < 1.29 is 9.59 Å². The average Bonchev–Trinajstić information content (AvgIpc) is 3.20. The molecule has 212 valence electrons. The number of hydrogen-bond acceptors (Lipinski definition) is 4. The molecule has 5 rings (SSSR count). The maximum Gasteiger partial charge on any atom is 0.295 e. The Kier molecular flexibility index (Phi) is 8.95. The monoisotopic (exact) mass is 596 g/mol. The second kappa shape index (κ2) is 13.0. The minimum Gasteiger partial charge on any atom is -0.326 e. The molecular formula is C33H29ClN4O3S. The van der Waals surface area contributed by atoms with Crippen LogP contribution in [0.1, 0.15) is 22.1 Å². The van der Waals surface area contributed by atoms with Crippen LogP contribution in [0.2, 0.25) is 5.02 Å². The van der Waals surface area contributed by atoms with Gasteiger partial charge in [-0.25, -0.2) is 4.68 Å². The molecule has 1 atom stereocenters. The molecule has 4 aromatic carbocycles. The van der Waals surface area contributed by atoms with Crippen molar-refractivity contribution >= 4 is 46.6 Å². The van der Waals surface area contributed by atoms with Gasteiger partial charge in [0, 0.05) is 22.7 Å². The summed E-state index contributed by atoms with van der Waals surface area (Å²) in [5.74, 6) is -0.486. The highest BCUT2D eigenvalue weighted by molar-refractivity contribution is 8.00. The third-order valence-electron chi connectivity index (χ3n) is 6.79. The second-order valence-corrected chi connectivity index (χ2v) is 11.3. The molecule has 1 unspecified atom stereocenters. The van der Waals surface area contributed by atoms with Gasteiger partial charge in [0.2, 0.25) is 11.8 Å². The number of nitrogens with zero attached hydrogens (tertiary/aromatic N) is 2. The summed E-state index contributed by atoms with van der Waals surface area (Å²) in [5, 5.41) is 5.81. The minimum atomic E-state index is -0.657. The summed E-state index contributed by atoms with van der Waals surface area (Å²) in [6, 6.07) is 33.2. The molecule has 0 saturated heterocycles. The number of carbonyl (C=O) groups excluding carboxylic acids is 2. The van der Waals surface area contributed by atoms with E-state index >= 15 is 0 Å². The molecule has 0 aliphatic carbocycles. The van der Waals surface area contributed by atoms with Crippen LogP contribution in [-0.4, -0.2) is 21.2 Å². The Labute approximate surface area is 253 Å². The maximum atomic E-state index is 13.8. The smallest absolute Gasteiger partial charge is 0.295 e. The highest BCUT2D eigenvalue weighted by Crippen LogP contribution is 2.37. The normalized spacial score (nSPS) is 11.6. The zero-order valence-electron chi connectivity index (χ0n) is 23.1. The first kappa shape index (κ1) is 29.0. The van der Waals surface area contributed by atoms with E-state index in [2.05, 4.69) is 10.6 Å². The molecule has 7 nitrogen and oxygen atoms in total. The van der Waals surface area contributed by atoms with Gasteiger partial charge in [0.1, 0.15) is 10.9 Å². The van der Waals surface area contributed by atoms with E-state index in [-0.39, 0.29) is 29.5 Å². The summed E-state index contributed by atoms with van der Waals surface area (Å²) in [6.45, 7) is 1.80. The molecule has 0 spiro atoms. The number of hydrogen-bond donors (Lipinski definition) is 2. The Morgan fingerprint density at radius 2 is 1.52 bits per heavy atom. The summed E-state index contributed by atoms with van der Waals surface area (Å²) in [6.07, 6.45) is 0.209. The van der Waals surface area contributed by atoms with Crippen LogP contribution in [0, 0.1) is 6.92 Å². The third-order valence-corrected chi connectivity index (χ3v) is 8.29. The number of nitrogens with one attached hydrogen (secondary N) is 2. The van der Waals surface area contributed by atoms with E-state index < -0.39 is 5.25 Å². The van der Waals surface area contributed by atoms with E-state index in [0.29, 0.717) is 22.1 Å². The lowest BCUT2D eigenvalue weighted by Crippen LogP contribution is -2.25. The van der Waals surface area contributed by atoms with E-state index in [1.807, 2.05) is 91.0 Å². The summed E-state index contributed by atoms with van der Waals surface area (Å²) in [4.78, 5) is 40.7. The first-order valence-electron chi connectivity index (χ1n) is 13.3. The summed E-state index contributed by atoms with van der Waals surface area (Å²) < 4.78 is 3.26. The van der Waals surface area contributed by atoms with Crippen molar-refractivity contribution in [2.45, 2.75) is 23.5 Å². The van der Waals surface area contributed by atoms with Gasteiger partial charge in [-0.15, -0.1) is 11.8 Å². The van der Waals surface area contributed by atoms with Crippen LogP contribution in [0.25, 0.3) is 5.69 Å². The van der Waals surface area contributed by atoms with E-state index in [4.69, 9.17) is 11.6 Å². The molecule has 0 fully saturated rings. The summed E-state index contributed by atoms with van der Waals surface area (Å²) in [5.41, 5.74) is 3.53. The predicted molar refractivity (Wildman–Crippen MR) is 170 cm³/mol. The van der Waals surface area contributed by atoms with Gasteiger partial charge in [-0.1, -0.05) is 78.3 Å². The molecule has 0 aliphatic heterocycles. The molecule has 0 aliphatic rings. The van der Waals surface area contributed by atoms with Gasteiger partial charge in [0.15, 0.2) is 0 Å². The molecule has 9 heteroatoms. The Morgan fingerprint density at radius 1 is 0.857 bits per heavy atom. The Bertz CT molecular complexity index is 1770. The molecule has 0 radical (unpaired) electrons. The zero-order valence-corrected chi connectivity index (χ0v) is 24.7. The molecule has 0 saturated carbocycles. The number of thioether (sulfide) groups is 1. The number of anilines is 2. The van der Waals surface area contributed by atoms with E-state index in [9.17, 15) is 14.4 Å². The molecule has 42 heavy (non-hydrogen) atoms. The topological polar surface area (TPSA) is 85.1 Å². The number of halogens is 1. The fourth-order valence-corrected chi connectivity index (χ4v) is 5.79. The lowest BCUT2D eigenvalue weighted by molar-refractivity contribution is -0.116. The lowest BCUT2D eigenvalue weighted by atomic mass is 10.1. The Balaban J connectivity index is 1.37. The van der Waals surface area contributed by atoms with E-state index in [1.54, 1.807) is 36.9 Å². The van der Waals surface area contributed by atoms with Crippen LogP contribution in [0.3, 0.4) is 0 Å². The molecule has 2 N–H and O–H groups in total. The summed E-state index contributed by atoms with van der Waals surface area (Å²) >= 11 is 7.29. The number of carbonyl (C=O) groups is 2. The van der Waals surface area contributed by atoms with Crippen molar-refractivity contribution in [2.75, 3.05) is 10.6 Å². The lowest BCUT2D eigenvalue weighted by Gasteiger charge is -2.17. The van der Waals surface area contributed by atoms with Gasteiger partial charge >= 0.3 is 0 Å². The number of rotatable bonds is 9. The van der Waals surface area contributed by atoms with Gasteiger partial charge in [-0.05, 0) is 60.5 Å². The van der Waals surface area contributed by atoms with Crippen LogP contribution in [-0.2, 0) is 23.1 Å².